The van der Waals surface area contributed by atoms with Crippen molar-refractivity contribution in [1.82, 2.24) is 4.98 Å². The van der Waals surface area contributed by atoms with Gasteiger partial charge in [0.25, 0.3) is 0 Å². The molecule has 0 amide bonds. The van der Waals surface area contributed by atoms with Crippen molar-refractivity contribution >= 4 is 0 Å². The Labute approximate surface area is 127 Å². The predicted molar refractivity (Wildman–Crippen MR) is 83.0 cm³/mol. The number of hydrogen-bond acceptors (Lipinski definition) is 3. The lowest BCUT2D eigenvalue weighted by molar-refractivity contribution is -0.116. The zero-order chi connectivity index (χ0) is 14.7. The fourth-order valence-electron chi connectivity index (χ4n) is 6.65. The van der Waals surface area contributed by atoms with Crippen molar-refractivity contribution in [3.05, 3.63) is 17.8 Å². The minimum absolute atomic E-state index is 0.275. The molecule has 3 heteroatoms. The van der Waals surface area contributed by atoms with Gasteiger partial charge in [0.15, 0.2) is 5.89 Å². The van der Waals surface area contributed by atoms with Gasteiger partial charge in [-0.2, -0.15) is 0 Å². The van der Waals surface area contributed by atoms with Gasteiger partial charge in [-0.1, -0.05) is 13.8 Å². The highest BCUT2D eigenvalue weighted by Gasteiger charge is 2.61. The van der Waals surface area contributed by atoms with Crippen LogP contribution in [-0.4, -0.2) is 11.5 Å². The molecule has 0 radical (unpaired) electrons. The summed E-state index contributed by atoms with van der Waals surface area (Å²) in [4.78, 5) is 4.53. The molecule has 21 heavy (non-hydrogen) atoms. The Balaban J connectivity index is 1.66. The number of nitrogens with two attached hydrogens (primary N) is 1. The summed E-state index contributed by atoms with van der Waals surface area (Å²) in [5, 5.41) is 0. The molecular weight excluding hydrogens is 260 g/mol. The maximum Gasteiger partial charge on any atom is 0.194 e. The molecule has 1 aromatic heterocycles. The van der Waals surface area contributed by atoms with E-state index in [0.717, 1.165) is 24.7 Å². The Morgan fingerprint density at radius 3 is 2.52 bits per heavy atom. The van der Waals surface area contributed by atoms with E-state index in [1.54, 1.807) is 0 Å². The SMILES string of the molecule is CC12CC3CC(C)(C1)CC(c1cnc(CCCN)o1)(C3)C2. The lowest BCUT2D eigenvalue weighted by Crippen LogP contribution is -2.56. The normalized spacial score (nSPS) is 44.4. The van der Waals surface area contributed by atoms with Crippen molar-refractivity contribution in [2.45, 2.75) is 70.6 Å². The monoisotopic (exact) mass is 288 g/mol. The first-order valence-corrected chi connectivity index (χ1v) is 8.60. The summed E-state index contributed by atoms with van der Waals surface area (Å²) in [5.41, 5.74) is 6.92. The minimum Gasteiger partial charge on any atom is -0.445 e. The smallest absolute Gasteiger partial charge is 0.194 e. The number of rotatable bonds is 4. The summed E-state index contributed by atoms with van der Waals surface area (Å²) in [6.45, 7) is 5.73. The van der Waals surface area contributed by atoms with Gasteiger partial charge in [-0.05, 0) is 68.2 Å². The van der Waals surface area contributed by atoms with Gasteiger partial charge in [0.2, 0.25) is 0 Å². The van der Waals surface area contributed by atoms with Crippen LogP contribution >= 0.6 is 0 Å². The molecule has 2 N–H and O–H groups in total. The summed E-state index contributed by atoms with van der Waals surface area (Å²) in [5.74, 6) is 2.96. The summed E-state index contributed by atoms with van der Waals surface area (Å²) < 4.78 is 6.19. The van der Waals surface area contributed by atoms with Crippen LogP contribution in [0.2, 0.25) is 0 Å². The highest BCUT2D eigenvalue weighted by atomic mass is 16.4. The van der Waals surface area contributed by atoms with Crippen molar-refractivity contribution < 1.29 is 4.42 Å². The van der Waals surface area contributed by atoms with Crippen LogP contribution in [-0.2, 0) is 11.8 Å². The zero-order valence-electron chi connectivity index (χ0n) is 13.5. The second kappa shape index (κ2) is 4.34. The maximum atomic E-state index is 6.19. The molecule has 0 aromatic carbocycles. The third kappa shape index (κ3) is 2.16. The van der Waals surface area contributed by atoms with Gasteiger partial charge in [0.1, 0.15) is 5.76 Å². The molecule has 4 aliphatic rings. The molecule has 1 heterocycles. The molecule has 0 spiro atoms. The van der Waals surface area contributed by atoms with E-state index >= 15 is 0 Å². The molecule has 4 saturated carbocycles. The summed E-state index contributed by atoms with van der Waals surface area (Å²) in [6.07, 6.45) is 12.1. The summed E-state index contributed by atoms with van der Waals surface area (Å²) in [7, 11) is 0. The molecule has 0 aliphatic heterocycles. The molecule has 3 nitrogen and oxygen atoms in total. The van der Waals surface area contributed by atoms with E-state index in [0.29, 0.717) is 17.4 Å². The van der Waals surface area contributed by atoms with Crippen LogP contribution in [0.5, 0.6) is 0 Å². The lowest BCUT2D eigenvalue weighted by atomic mass is 9.40. The van der Waals surface area contributed by atoms with E-state index in [2.05, 4.69) is 18.8 Å². The topological polar surface area (TPSA) is 52.0 Å². The Morgan fingerprint density at radius 1 is 1.19 bits per heavy atom. The van der Waals surface area contributed by atoms with Crippen LogP contribution in [0.4, 0.5) is 0 Å². The van der Waals surface area contributed by atoms with Gasteiger partial charge in [-0.25, -0.2) is 4.98 Å². The van der Waals surface area contributed by atoms with Gasteiger partial charge < -0.3 is 10.2 Å². The van der Waals surface area contributed by atoms with Gasteiger partial charge in [0.05, 0.1) is 6.20 Å². The standard InChI is InChI=1S/C18H28N2O/c1-16-6-13-7-17(2,10-16)12-18(8-13,11-16)14-9-20-15(21-14)4-3-5-19/h9,13H,3-8,10-12,19H2,1-2H3. The third-order valence-corrected chi connectivity index (χ3v) is 6.30. The first-order valence-electron chi connectivity index (χ1n) is 8.60. The predicted octanol–water partition coefficient (Wildman–Crippen LogP) is 3.81. The molecule has 0 saturated heterocycles. The lowest BCUT2D eigenvalue weighted by Gasteiger charge is -2.64. The van der Waals surface area contributed by atoms with Crippen LogP contribution in [0.15, 0.2) is 10.6 Å². The van der Waals surface area contributed by atoms with Crippen LogP contribution in [0.25, 0.3) is 0 Å². The van der Waals surface area contributed by atoms with Gasteiger partial charge in [0, 0.05) is 11.8 Å². The largest absolute Gasteiger partial charge is 0.445 e. The quantitative estimate of drug-likeness (QED) is 0.916. The maximum absolute atomic E-state index is 6.19. The van der Waals surface area contributed by atoms with E-state index in [9.17, 15) is 0 Å². The second-order valence-electron chi connectivity index (χ2n) is 8.92. The Morgan fingerprint density at radius 2 is 1.90 bits per heavy atom. The number of hydrogen-bond donors (Lipinski definition) is 1. The number of aryl methyl sites for hydroxylation is 1. The fourth-order valence-corrected chi connectivity index (χ4v) is 6.65. The Hall–Kier alpha value is -0.830. The zero-order valence-corrected chi connectivity index (χ0v) is 13.5. The van der Waals surface area contributed by atoms with E-state index in [-0.39, 0.29) is 5.41 Å². The molecule has 1 aromatic rings. The average Bonchev–Trinajstić information content (AvgIpc) is 2.81. The third-order valence-electron chi connectivity index (χ3n) is 6.30. The molecule has 2 unspecified atom stereocenters. The minimum atomic E-state index is 0.275. The molecule has 4 aliphatic carbocycles. The highest BCUT2D eigenvalue weighted by Crippen LogP contribution is 2.69. The van der Waals surface area contributed by atoms with Crippen LogP contribution < -0.4 is 5.73 Å². The number of nitrogens with zero attached hydrogens (tertiary/aromatic N) is 1. The van der Waals surface area contributed by atoms with Gasteiger partial charge in [-0.15, -0.1) is 0 Å². The van der Waals surface area contributed by atoms with Crippen molar-refractivity contribution in [3.8, 4) is 0 Å². The Bertz CT molecular complexity index is 531. The number of oxazole rings is 1. The second-order valence-corrected chi connectivity index (χ2v) is 8.92. The molecule has 2 atom stereocenters. The van der Waals surface area contributed by atoms with Gasteiger partial charge >= 0.3 is 0 Å². The van der Waals surface area contributed by atoms with Crippen molar-refractivity contribution in [2.24, 2.45) is 22.5 Å². The molecule has 4 bridgehead atoms. The van der Waals surface area contributed by atoms with Crippen molar-refractivity contribution in [1.29, 1.82) is 0 Å². The molecule has 5 rings (SSSR count). The van der Waals surface area contributed by atoms with E-state index in [1.165, 1.54) is 44.3 Å². The van der Waals surface area contributed by atoms with E-state index < -0.39 is 0 Å². The molecule has 116 valence electrons. The highest BCUT2D eigenvalue weighted by molar-refractivity contribution is 5.23. The van der Waals surface area contributed by atoms with Crippen LogP contribution in [0.1, 0.15) is 70.4 Å². The van der Waals surface area contributed by atoms with E-state index in [4.69, 9.17) is 10.2 Å². The molecular formula is C18H28N2O. The van der Waals surface area contributed by atoms with Gasteiger partial charge in [-0.3, -0.25) is 0 Å². The summed E-state index contributed by atoms with van der Waals surface area (Å²) >= 11 is 0. The van der Waals surface area contributed by atoms with Crippen molar-refractivity contribution in [2.75, 3.05) is 6.54 Å². The number of aromatic nitrogens is 1. The van der Waals surface area contributed by atoms with Crippen LogP contribution in [0, 0.1) is 16.7 Å². The average molecular weight is 288 g/mol. The Kier molecular flexibility index (Phi) is 2.86. The first-order chi connectivity index (χ1) is 9.94. The van der Waals surface area contributed by atoms with E-state index in [1.807, 2.05) is 6.20 Å². The van der Waals surface area contributed by atoms with Crippen molar-refractivity contribution in [3.63, 3.8) is 0 Å². The molecule has 4 fully saturated rings. The fraction of sp³-hybridized carbons (Fsp3) is 0.833. The summed E-state index contributed by atoms with van der Waals surface area (Å²) in [6, 6.07) is 0. The van der Waals surface area contributed by atoms with Crippen LogP contribution in [0.3, 0.4) is 0 Å². The first kappa shape index (κ1) is 13.8.